The van der Waals surface area contributed by atoms with Gasteiger partial charge in [-0.05, 0) is 49.4 Å². The summed E-state index contributed by atoms with van der Waals surface area (Å²) in [6.07, 6.45) is 1.35. The van der Waals surface area contributed by atoms with Gasteiger partial charge in [0.2, 0.25) is 5.78 Å². The van der Waals surface area contributed by atoms with Crippen LogP contribution in [0.15, 0.2) is 75.0 Å². The van der Waals surface area contributed by atoms with Gasteiger partial charge >= 0.3 is 0 Å². The van der Waals surface area contributed by atoms with Gasteiger partial charge in [0.05, 0.1) is 11.8 Å². The van der Waals surface area contributed by atoms with Crippen LogP contribution in [-0.4, -0.2) is 16.8 Å². The molecule has 27 heavy (non-hydrogen) atoms. The number of carbonyl (C=O) groups excluding carboxylic acids is 2. The number of nitrogens with zero attached hydrogens (tertiary/aromatic N) is 1. The van der Waals surface area contributed by atoms with Crippen LogP contribution in [0, 0.1) is 6.92 Å². The fourth-order valence-corrected chi connectivity index (χ4v) is 3.32. The molecular weight excluding hydrogens is 370 g/mol. The molecule has 2 aromatic heterocycles. The largest absolute Gasteiger partial charge is 0.503 e. The molecule has 3 heterocycles. The maximum Gasteiger partial charge on any atom is 0.294 e. The van der Waals surface area contributed by atoms with Gasteiger partial charge in [-0.15, -0.1) is 0 Å². The maximum atomic E-state index is 12.9. The van der Waals surface area contributed by atoms with Crippen molar-refractivity contribution in [2.45, 2.75) is 13.0 Å². The van der Waals surface area contributed by atoms with Gasteiger partial charge in [0.25, 0.3) is 5.91 Å². The second kappa shape index (κ2) is 6.48. The Kier molecular flexibility index (Phi) is 4.12. The van der Waals surface area contributed by atoms with Crippen molar-refractivity contribution in [2.24, 2.45) is 0 Å². The number of aryl methyl sites for hydroxylation is 1. The van der Waals surface area contributed by atoms with E-state index in [-0.39, 0.29) is 11.3 Å². The van der Waals surface area contributed by atoms with Crippen molar-refractivity contribution in [1.82, 2.24) is 0 Å². The zero-order valence-corrected chi connectivity index (χ0v) is 14.9. The third kappa shape index (κ3) is 2.84. The number of hydrogen-bond acceptors (Lipinski definition) is 5. The molecule has 1 aliphatic rings. The molecule has 1 N–H and O–H groups in total. The van der Waals surface area contributed by atoms with Gasteiger partial charge in [0.1, 0.15) is 17.6 Å². The number of carbonyl (C=O) groups is 2. The lowest BCUT2D eigenvalue weighted by molar-refractivity contribution is -0.117. The average Bonchev–Trinajstić information content (AvgIpc) is 3.36. The summed E-state index contributed by atoms with van der Waals surface area (Å²) in [5, 5.41) is 10.9. The normalized spacial score (nSPS) is 17.0. The predicted molar refractivity (Wildman–Crippen MR) is 97.8 cm³/mol. The Morgan fingerprint density at radius 2 is 2.00 bits per heavy atom. The quantitative estimate of drug-likeness (QED) is 0.664. The van der Waals surface area contributed by atoms with Gasteiger partial charge in [0, 0.05) is 10.7 Å². The number of amides is 1. The first-order chi connectivity index (χ1) is 13.0. The topological polar surface area (TPSA) is 83.9 Å². The zero-order valence-electron chi connectivity index (χ0n) is 14.2. The van der Waals surface area contributed by atoms with Crippen LogP contribution >= 0.6 is 11.6 Å². The molecule has 0 spiro atoms. The summed E-state index contributed by atoms with van der Waals surface area (Å²) in [5.41, 5.74) is 0.324. The highest BCUT2D eigenvalue weighted by Crippen LogP contribution is 2.42. The van der Waals surface area contributed by atoms with Crippen LogP contribution in [0.2, 0.25) is 5.02 Å². The Balaban J connectivity index is 1.88. The number of furan rings is 2. The van der Waals surface area contributed by atoms with Gasteiger partial charge in [0.15, 0.2) is 11.5 Å². The lowest BCUT2D eigenvalue weighted by Gasteiger charge is -2.25. The van der Waals surface area contributed by atoms with E-state index >= 15 is 0 Å². The van der Waals surface area contributed by atoms with E-state index in [1.807, 2.05) is 0 Å². The Morgan fingerprint density at radius 3 is 2.63 bits per heavy atom. The van der Waals surface area contributed by atoms with Crippen LogP contribution in [0.5, 0.6) is 0 Å². The van der Waals surface area contributed by atoms with E-state index < -0.39 is 23.5 Å². The van der Waals surface area contributed by atoms with Crippen molar-refractivity contribution >= 4 is 29.0 Å². The summed E-state index contributed by atoms with van der Waals surface area (Å²) in [4.78, 5) is 27.1. The monoisotopic (exact) mass is 383 g/mol. The second-order valence-electron chi connectivity index (χ2n) is 6.07. The van der Waals surface area contributed by atoms with Gasteiger partial charge in [-0.3, -0.25) is 14.5 Å². The average molecular weight is 384 g/mol. The van der Waals surface area contributed by atoms with E-state index in [1.54, 1.807) is 49.4 Å². The number of halogens is 1. The molecular formula is C20H14ClNO5. The fraction of sp³-hybridized carbons (Fsp3) is 0.100. The van der Waals surface area contributed by atoms with Gasteiger partial charge in [-0.25, -0.2) is 0 Å². The molecule has 6 nitrogen and oxygen atoms in total. The van der Waals surface area contributed by atoms with Crippen LogP contribution in [0.25, 0.3) is 0 Å². The molecule has 0 aliphatic carbocycles. The SMILES string of the molecule is Cc1ccc(C2C(C(=O)c3ccco3)=C(O)C(=O)N2c2cccc(Cl)c2)o1. The minimum absolute atomic E-state index is 0.0190. The molecule has 0 bridgehead atoms. The maximum absolute atomic E-state index is 12.9. The predicted octanol–water partition coefficient (Wildman–Crippen LogP) is 4.62. The minimum atomic E-state index is -0.942. The first-order valence-electron chi connectivity index (χ1n) is 8.14. The molecule has 1 atom stereocenters. The number of rotatable bonds is 4. The Labute approximate surface area is 159 Å². The van der Waals surface area contributed by atoms with Crippen molar-refractivity contribution in [3.63, 3.8) is 0 Å². The van der Waals surface area contributed by atoms with Crippen LogP contribution in [-0.2, 0) is 4.79 Å². The zero-order chi connectivity index (χ0) is 19.1. The standard InChI is InChI=1S/C20H14ClNO5/c1-11-7-8-14(27-11)17-16(18(23)15-6-3-9-26-15)19(24)20(25)22(17)13-5-2-4-12(21)10-13/h2-10,17,24H,1H3. The first kappa shape index (κ1) is 17.2. The smallest absolute Gasteiger partial charge is 0.294 e. The van der Waals surface area contributed by atoms with Crippen LogP contribution in [0.3, 0.4) is 0 Å². The Hall–Kier alpha value is -3.25. The van der Waals surface area contributed by atoms with E-state index in [4.69, 9.17) is 20.4 Å². The number of Topliss-reactive ketones (excluding diaryl/α,β-unsaturated/α-hetero) is 1. The molecule has 1 amide bonds. The molecule has 136 valence electrons. The van der Waals surface area contributed by atoms with Crippen molar-refractivity contribution in [1.29, 1.82) is 0 Å². The summed E-state index contributed by atoms with van der Waals surface area (Å²) in [7, 11) is 0. The van der Waals surface area contributed by atoms with Gasteiger partial charge < -0.3 is 13.9 Å². The third-order valence-corrected chi connectivity index (χ3v) is 4.55. The third-order valence-electron chi connectivity index (χ3n) is 4.31. The fourth-order valence-electron chi connectivity index (χ4n) is 3.14. The summed E-state index contributed by atoms with van der Waals surface area (Å²) in [6.45, 7) is 1.75. The molecule has 0 fully saturated rings. The van der Waals surface area contributed by atoms with Crippen LogP contribution in [0.4, 0.5) is 5.69 Å². The molecule has 1 unspecified atom stereocenters. The van der Waals surface area contributed by atoms with Crippen molar-refractivity contribution in [3.8, 4) is 0 Å². The minimum Gasteiger partial charge on any atom is -0.503 e. The molecule has 0 saturated heterocycles. The highest BCUT2D eigenvalue weighted by atomic mass is 35.5. The highest BCUT2D eigenvalue weighted by molar-refractivity contribution is 6.31. The highest BCUT2D eigenvalue weighted by Gasteiger charge is 2.46. The first-order valence-corrected chi connectivity index (χ1v) is 8.52. The van der Waals surface area contributed by atoms with Crippen LogP contribution in [0.1, 0.15) is 28.1 Å². The Morgan fingerprint density at radius 1 is 1.19 bits per heavy atom. The van der Waals surface area contributed by atoms with Gasteiger partial charge in [-0.1, -0.05) is 17.7 Å². The molecule has 3 aromatic rings. The lowest BCUT2D eigenvalue weighted by atomic mass is 9.99. The van der Waals surface area contributed by atoms with E-state index in [0.717, 1.165) is 0 Å². The second-order valence-corrected chi connectivity index (χ2v) is 6.51. The molecule has 1 aromatic carbocycles. The molecule has 4 rings (SSSR count). The van der Waals surface area contributed by atoms with Crippen molar-refractivity contribution < 1.29 is 23.5 Å². The lowest BCUT2D eigenvalue weighted by Crippen LogP contribution is -2.30. The number of aliphatic hydroxyl groups excluding tert-OH is 1. The molecule has 0 saturated carbocycles. The van der Waals surface area contributed by atoms with E-state index in [1.165, 1.54) is 17.2 Å². The molecule has 1 aliphatic heterocycles. The van der Waals surface area contributed by atoms with Crippen LogP contribution < -0.4 is 4.90 Å². The molecule has 0 radical (unpaired) electrons. The number of benzene rings is 1. The van der Waals surface area contributed by atoms with E-state index in [2.05, 4.69) is 0 Å². The van der Waals surface area contributed by atoms with E-state index in [9.17, 15) is 14.7 Å². The van der Waals surface area contributed by atoms with Gasteiger partial charge in [-0.2, -0.15) is 0 Å². The summed E-state index contributed by atoms with van der Waals surface area (Å²) in [5.74, 6) is -0.971. The summed E-state index contributed by atoms with van der Waals surface area (Å²) >= 11 is 6.07. The number of aliphatic hydroxyl groups is 1. The molecule has 7 heteroatoms. The van der Waals surface area contributed by atoms with Crippen molar-refractivity contribution in [2.75, 3.05) is 4.90 Å². The number of anilines is 1. The summed E-state index contributed by atoms with van der Waals surface area (Å²) in [6, 6.07) is 12.1. The van der Waals surface area contributed by atoms with Crippen molar-refractivity contribution in [3.05, 3.63) is 88.4 Å². The van der Waals surface area contributed by atoms with E-state index in [0.29, 0.717) is 22.2 Å². The number of ketones is 1. The Bertz CT molecular complexity index is 1060. The summed E-state index contributed by atoms with van der Waals surface area (Å²) < 4.78 is 10.9. The number of hydrogen-bond donors (Lipinski definition) is 1.